The SMILES string of the molecule is C=CNC(=O)[C@H](C)[C@@H](C(C)C)[Si](C)(C)c1ccccc1. The average Bonchev–Trinajstić information content (AvgIpc) is 2.39. The van der Waals surface area contributed by atoms with E-state index in [2.05, 4.69) is 63.1 Å². The topological polar surface area (TPSA) is 29.1 Å². The average molecular weight is 289 g/mol. The Hall–Kier alpha value is -1.35. The highest BCUT2D eigenvalue weighted by molar-refractivity contribution is 6.91. The summed E-state index contributed by atoms with van der Waals surface area (Å²) in [6.07, 6.45) is 1.48. The molecular weight excluding hydrogens is 262 g/mol. The van der Waals surface area contributed by atoms with Crippen molar-refractivity contribution in [3.63, 3.8) is 0 Å². The van der Waals surface area contributed by atoms with Gasteiger partial charge in [0.25, 0.3) is 0 Å². The first kappa shape index (κ1) is 16.7. The van der Waals surface area contributed by atoms with E-state index in [4.69, 9.17) is 0 Å². The lowest BCUT2D eigenvalue weighted by atomic mass is 9.97. The lowest BCUT2D eigenvalue weighted by Crippen LogP contribution is -2.52. The summed E-state index contributed by atoms with van der Waals surface area (Å²) in [6, 6.07) is 10.7. The first-order valence-electron chi connectivity index (χ1n) is 7.29. The minimum absolute atomic E-state index is 0.00475. The lowest BCUT2D eigenvalue weighted by Gasteiger charge is -2.39. The van der Waals surface area contributed by atoms with Crippen LogP contribution in [0.1, 0.15) is 20.8 Å². The summed E-state index contributed by atoms with van der Waals surface area (Å²) in [6.45, 7) is 14.8. The van der Waals surface area contributed by atoms with E-state index < -0.39 is 8.07 Å². The Balaban J connectivity index is 3.13. The van der Waals surface area contributed by atoms with Crippen molar-refractivity contribution in [2.24, 2.45) is 11.8 Å². The van der Waals surface area contributed by atoms with E-state index in [1.54, 1.807) is 0 Å². The molecule has 0 aromatic heterocycles. The Morgan fingerprint density at radius 3 is 2.20 bits per heavy atom. The van der Waals surface area contributed by atoms with Gasteiger partial charge in [-0.15, -0.1) is 0 Å². The van der Waals surface area contributed by atoms with E-state index in [0.29, 0.717) is 11.5 Å². The van der Waals surface area contributed by atoms with E-state index in [9.17, 15) is 4.79 Å². The van der Waals surface area contributed by atoms with E-state index in [0.717, 1.165) is 0 Å². The summed E-state index contributed by atoms with van der Waals surface area (Å²) < 4.78 is 0. The summed E-state index contributed by atoms with van der Waals surface area (Å²) in [5.74, 6) is 0.549. The fourth-order valence-electron chi connectivity index (χ4n) is 3.49. The monoisotopic (exact) mass is 289 g/mol. The largest absolute Gasteiger partial charge is 0.333 e. The molecule has 0 unspecified atom stereocenters. The van der Waals surface area contributed by atoms with Crippen molar-refractivity contribution in [1.29, 1.82) is 0 Å². The molecule has 20 heavy (non-hydrogen) atoms. The number of benzene rings is 1. The smallest absolute Gasteiger partial charge is 0.226 e. The molecule has 0 fully saturated rings. The van der Waals surface area contributed by atoms with Crippen LogP contribution in [-0.4, -0.2) is 14.0 Å². The van der Waals surface area contributed by atoms with Crippen molar-refractivity contribution in [3.05, 3.63) is 43.1 Å². The third kappa shape index (κ3) is 3.60. The summed E-state index contributed by atoms with van der Waals surface area (Å²) >= 11 is 0. The zero-order valence-corrected chi connectivity index (χ0v) is 14.3. The van der Waals surface area contributed by atoms with Gasteiger partial charge in [0.05, 0.1) is 8.07 Å². The first-order chi connectivity index (χ1) is 9.32. The predicted molar refractivity (Wildman–Crippen MR) is 89.6 cm³/mol. The summed E-state index contributed by atoms with van der Waals surface area (Å²) in [5.41, 5.74) is 0.393. The van der Waals surface area contributed by atoms with Crippen molar-refractivity contribution in [3.8, 4) is 0 Å². The molecule has 110 valence electrons. The standard InChI is InChI=1S/C17H27NOSi/c1-7-18-17(19)14(4)16(13(2)3)20(5,6)15-11-9-8-10-12-15/h7-14,16H,1H2,2-6H3,(H,18,19)/t14-,16-/m1/s1. The zero-order chi connectivity index (χ0) is 15.3. The number of nitrogens with one attached hydrogen (secondary N) is 1. The van der Waals surface area contributed by atoms with Crippen LogP contribution in [-0.2, 0) is 4.79 Å². The minimum atomic E-state index is -1.72. The number of amides is 1. The van der Waals surface area contributed by atoms with Crippen LogP contribution in [0.15, 0.2) is 43.1 Å². The lowest BCUT2D eigenvalue weighted by molar-refractivity contribution is -0.124. The highest BCUT2D eigenvalue weighted by atomic mass is 28.3. The van der Waals surface area contributed by atoms with Gasteiger partial charge >= 0.3 is 0 Å². The third-order valence-corrected chi connectivity index (χ3v) is 8.92. The third-order valence-electron chi connectivity index (χ3n) is 4.27. The van der Waals surface area contributed by atoms with Gasteiger partial charge in [-0.25, -0.2) is 0 Å². The minimum Gasteiger partial charge on any atom is -0.333 e. The number of carbonyl (C=O) groups is 1. The summed E-state index contributed by atoms with van der Waals surface area (Å²) in [7, 11) is -1.72. The molecule has 0 heterocycles. The maximum Gasteiger partial charge on any atom is 0.226 e. The molecule has 0 saturated heterocycles. The molecule has 1 aromatic carbocycles. The van der Waals surface area contributed by atoms with E-state index in [-0.39, 0.29) is 11.8 Å². The van der Waals surface area contributed by atoms with Crippen LogP contribution in [0.25, 0.3) is 0 Å². The molecule has 1 rings (SSSR count). The fourth-order valence-corrected chi connectivity index (χ4v) is 8.00. The molecule has 2 nitrogen and oxygen atoms in total. The van der Waals surface area contributed by atoms with Crippen molar-refractivity contribution in [2.75, 3.05) is 0 Å². The Morgan fingerprint density at radius 2 is 1.75 bits per heavy atom. The molecule has 0 radical (unpaired) electrons. The van der Waals surface area contributed by atoms with Crippen LogP contribution < -0.4 is 10.5 Å². The van der Waals surface area contributed by atoms with Crippen LogP contribution in [0.3, 0.4) is 0 Å². The van der Waals surface area contributed by atoms with Crippen LogP contribution in [0.4, 0.5) is 0 Å². The van der Waals surface area contributed by atoms with Gasteiger partial charge in [-0.3, -0.25) is 4.79 Å². The van der Waals surface area contributed by atoms with E-state index >= 15 is 0 Å². The maximum absolute atomic E-state index is 12.2. The van der Waals surface area contributed by atoms with Crippen molar-refractivity contribution in [2.45, 2.75) is 39.4 Å². The van der Waals surface area contributed by atoms with Crippen molar-refractivity contribution in [1.82, 2.24) is 5.32 Å². The molecule has 1 N–H and O–H groups in total. The molecule has 0 bridgehead atoms. The van der Waals surface area contributed by atoms with Gasteiger partial charge in [-0.05, 0) is 17.7 Å². The normalized spacial score (nSPS) is 14.7. The number of rotatable bonds is 6. The van der Waals surface area contributed by atoms with Gasteiger partial charge in [-0.2, -0.15) is 0 Å². The molecule has 0 aliphatic carbocycles. The molecule has 2 atom stereocenters. The second-order valence-electron chi connectivity index (χ2n) is 6.36. The Morgan fingerprint density at radius 1 is 1.20 bits per heavy atom. The first-order valence-corrected chi connectivity index (χ1v) is 10.4. The number of carbonyl (C=O) groups excluding carboxylic acids is 1. The van der Waals surface area contributed by atoms with Gasteiger partial charge in [0.15, 0.2) is 0 Å². The second kappa shape index (κ2) is 6.89. The van der Waals surface area contributed by atoms with Gasteiger partial charge in [-0.1, -0.05) is 76.0 Å². The van der Waals surface area contributed by atoms with Crippen LogP contribution in [0.2, 0.25) is 18.6 Å². The molecule has 3 heteroatoms. The Labute approximate surface area is 124 Å². The van der Waals surface area contributed by atoms with Crippen LogP contribution in [0.5, 0.6) is 0 Å². The van der Waals surface area contributed by atoms with Crippen molar-refractivity contribution < 1.29 is 4.79 Å². The molecule has 0 aliphatic heterocycles. The summed E-state index contributed by atoms with van der Waals surface area (Å²) in [5, 5.41) is 4.17. The Bertz CT molecular complexity index is 453. The van der Waals surface area contributed by atoms with E-state index in [1.165, 1.54) is 11.4 Å². The zero-order valence-electron chi connectivity index (χ0n) is 13.3. The van der Waals surface area contributed by atoms with Gasteiger partial charge < -0.3 is 5.32 Å². The molecular formula is C17H27NOSi. The predicted octanol–water partition coefficient (Wildman–Crippen LogP) is 3.52. The van der Waals surface area contributed by atoms with E-state index in [1.807, 2.05) is 13.0 Å². The molecule has 0 saturated carbocycles. The quantitative estimate of drug-likeness (QED) is 0.798. The summed E-state index contributed by atoms with van der Waals surface area (Å²) in [4.78, 5) is 12.2. The van der Waals surface area contributed by atoms with Gasteiger partial charge in [0.2, 0.25) is 5.91 Å². The fraction of sp³-hybridized carbons (Fsp3) is 0.471. The number of hydrogen-bond acceptors (Lipinski definition) is 1. The molecule has 1 aromatic rings. The second-order valence-corrected chi connectivity index (χ2v) is 11.0. The van der Waals surface area contributed by atoms with Crippen molar-refractivity contribution >= 4 is 19.2 Å². The number of hydrogen-bond donors (Lipinski definition) is 1. The maximum atomic E-state index is 12.2. The van der Waals surface area contributed by atoms with Gasteiger partial charge in [0.1, 0.15) is 0 Å². The molecule has 1 amide bonds. The van der Waals surface area contributed by atoms with Crippen LogP contribution in [0, 0.1) is 11.8 Å². The highest BCUT2D eigenvalue weighted by Crippen LogP contribution is 2.37. The van der Waals surface area contributed by atoms with Crippen LogP contribution >= 0.6 is 0 Å². The Kier molecular flexibility index (Phi) is 5.75. The molecule has 0 spiro atoms. The highest BCUT2D eigenvalue weighted by Gasteiger charge is 2.41. The molecule has 0 aliphatic rings. The van der Waals surface area contributed by atoms with Gasteiger partial charge in [0, 0.05) is 5.92 Å².